The standard InChI is InChI=1S/C11H22N2O/c1-10(2)13-5-3-12(4-6-13)7-11-8-14-9-11/h10-11H,3-9H2,1-2H3. The smallest absolute Gasteiger partial charge is 0.0528 e. The zero-order valence-corrected chi connectivity index (χ0v) is 9.41. The molecule has 2 saturated heterocycles. The molecule has 0 atom stereocenters. The van der Waals surface area contributed by atoms with Crippen LogP contribution in [-0.2, 0) is 4.74 Å². The Bertz CT molecular complexity index is 172. The summed E-state index contributed by atoms with van der Waals surface area (Å²) in [6.45, 7) is 12.8. The zero-order valence-electron chi connectivity index (χ0n) is 9.41. The van der Waals surface area contributed by atoms with Crippen LogP contribution in [0.15, 0.2) is 0 Å². The summed E-state index contributed by atoms with van der Waals surface area (Å²) in [5.41, 5.74) is 0. The Morgan fingerprint density at radius 1 is 1.14 bits per heavy atom. The molecule has 0 unspecified atom stereocenters. The van der Waals surface area contributed by atoms with Gasteiger partial charge in [0.25, 0.3) is 0 Å². The number of rotatable bonds is 3. The van der Waals surface area contributed by atoms with E-state index in [4.69, 9.17) is 4.74 Å². The predicted octanol–water partition coefficient (Wildman–Crippen LogP) is 0.659. The lowest BCUT2D eigenvalue weighted by atomic mass is 10.1. The lowest BCUT2D eigenvalue weighted by Gasteiger charge is -2.39. The van der Waals surface area contributed by atoms with Crippen LogP contribution in [-0.4, -0.2) is 61.8 Å². The summed E-state index contributed by atoms with van der Waals surface area (Å²) < 4.78 is 5.20. The molecular formula is C11H22N2O. The van der Waals surface area contributed by atoms with E-state index in [0.29, 0.717) is 6.04 Å². The van der Waals surface area contributed by atoms with Crippen molar-refractivity contribution in [3.8, 4) is 0 Å². The summed E-state index contributed by atoms with van der Waals surface area (Å²) in [6.07, 6.45) is 0. The molecule has 82 valence electrons. The van der Waals surface area contributed by atoms with E-state index in [1.165, 1.54) is 32.7 Å². The van der Waals surface area contributed by atoms with Gasteiger partial charge in [0.15, 0.2) is 0 Å². The van der Waals surface area contributed by atoms with Crippen molar-refractivity contribution >= 4 is 0 Å². The molecule has 0 radical (unpaired) electrons. The summed E-state index contributed by atoms with van der Waals surface area (Å²) in [5.74, 6) is 0.820. The first-order valence-electron chi connectivity index (χ1n) is 5.80. The molecule has 0 aliphatic carbocycles. The van der Waals surface area contributed by atoms with Crippen LogP contribution in [0.25, 0.3) is 0 Å². The number of piperazine rings is 1. The molecule has 0 aromatic rings. The van der Waals surface area contributed by atoms with Gasteiger partial charge in [-0.25, -0.2) is 0 Å². The highest BCUT2D eigenvalue weighted by molar-refractivity contribution is 4.77. The first kappa shape index (κ1) is 10.4. The van der Waals surface area contributed by atoms with E-state index in [1.807, 2.05) is 0 Å². The molecule has 3 nitrogen and oxygen atoms in total. The monoisotopic (exact) mass is 198 g/mol. The van der Waals surface area contributed by atoms with Gasteiger partial charge in [0.1, 0.15) is 0 Å². The Labute approximate surface area is 87.0 Å². The minimum Gasteiger partial charge on any atom is -0.381 e. The molecule has 0 aromatic heterocycles. The van der Waals surface area contributed by atoms with Crippen molar-refractivity contribution < 1.29 is 4.74 Å². The molecule has 0 saturated carbocycles. The van der Waals surface area contributed by atoms with Gasteiger partial charge in [-0.3, -0.25) is 4.90 Å². The van der Waals surface area contributed by atoms with Gasteiger partial charge in [-0.05, 0) is 13.8 Å². The van der Waals surface area contributed by atoms with Crippen LogP contribution in [0.5, 0.6) is 0 Å². The molecule has 0 N–H and O–H groups in total. The van der Waals surface area contributed by atoms with E-state index in [-0.39, 0.29) is 0 Å². The van der Waals surface area contributed by atoms with Crippen LogP contribution in [0.1, 0.15) is 13.8 Å². The molecule has 2 aliphatic rings. The van der Waals surface area contributed by atoms with Gasteiger partial charge in [-0.2, -0.15) is 0 Å². The van der Waals surface area contributed by atoms with Crippen LogP contribution >= 0.6 is 0 Å². The van der Waals surface area contributed by atoms with E-state index >= 15 is 0 Å². The van der Waals surface area contributed by atoms with Crippen molar-refractivity contribution in [1.82, 2.24) is 9.80 Å². The van der Waals surface area contributed by atoms with Gasteiger partial charge in [-0.15, -0.1) is 0 Å². The maximum absolute atomic E-state index is 5.20. The van der Waals surface area contributed by atoms with E-state index in [0.717, 1.165) is 19.1 Å². The third-order valence-electron chi connectivity index (χ3n) is 3.36. The van der Waals surface area contributed by atoms with Crippen molar-refractivity contribution in [2.75, 3.05) is 45.9 Å². The van der Waals surface area contributed by atoms with Crippen LogP contribution in [0.3, 0.4) is 0 Å². The van der Waals surface area contributed by atoms with Crippen LogP contribution in [0, 0.1) is 5.92 Å². The first-order chi connectivity index (χ1) is 6.75. The van der Waals surface area contributed by atoms with Crippen LogP contribution < -0.4 is 0 Å². The summed E-state index contributed by atoms with van der Waals surface area (Å²) in [6, 6.07) is 0.712. The second-order valence-electron chi connectivity index (χ2n) is 4.83. The van der Waals surface area contributed by atoms with E-state index < -0.39 is 0 Å². The molecule has 2 rings (SSSR count). The van der Waals surface area contributed by atoms with Crippen molar-refractivity contribution in [1.29, 1.82) is 0 Å². The van der Waals surface area contributed by atoms with Crippen molar-refractivity contribution in [2.24, 2.45) is 5.92 Å². The topological polar surface area (TPSA) is 15.7 Å². The highest BCUT2D eigenvalue weighted by Crippen LogP contribution is 2.13. The maximum Gasteiger partial charge on any atom is 0.0528 e. The minimum atomic E-state index is 0.712. The molecule has 2 heterocycles. The summed E-state index contributed by atoms with van der Waals surface area (Å²) >= 11 is 0. The SMILES string of the molecule is CC(C)N1CCN(CC2COC2)CC1. The van der Waals surface area contributed by atoms with E-state index in [9.17, 15) is 0 Å². The van der Waals surface area contributed by atoms with Crippen LogP contribution in [0.2, 0.25) is 0 Å². The summed E-state index contributed by atoms with van der Waals surface area (Å²) in [4.78, 5) is 5.15. The normalized spacial score (nSPS) is 26.8. The number of hydrogen-bond donors (Lipinski definition) is 0. The van der Waals surface area contributed by atoms with E-state index in [1.54, 1.807) is 0 Å². The minimum absolute atomic E-state index is 0.712. The Kier molecular flexibility index (Phi) is 3.42. The van der Waals surface area contributed by atoms with Gasteiger partial charge >= 0.3 is 0 Å². The Morgan fingerprint density at radius 2 is 1.79 bits per heavy atom. The number of hydrogen-bond acceptors (Lipinski definition) is 3. The Hall–Kier alpha value is -0.120. The van der Waals surface area contributed by atoms with Gasteiger partial charge in [-0.1, -0.05) is 0 Å². The second kappa shape index (κ2) is 4.60. The molecule has 0 aromatic carbocycles. The second-order valence-corrected chi connectivity index (χ2v) is 4.83. The van der Waals surface area contributed by atoms with Crippen molar-refractivity contribution in [3.63, 3.8) is 0 Å². The zero-order chi connectivity index (χ0) is 9.97. The third-order valence-corrected chi connectivity index (χ3v) is 3.36. The highest BCUT2D eigenvalue weighted by atomic mass is 16.5. The first-order valence-corrected chi connectivity index (χ1v) is 5.80. The average Bonchev–Trinajstić information content (AvgIpc) is 2.12. The number of nitrogens with zero attached hydrogens (tertiary/aromatic N) is 2. The molecule has 2 fully saturated rings. The highest BCUT2D eigenvalue weighted by Gasteiger charge is 2.24. The summed E-state index contributed by atoms with van der Waals surface area (Å²) in [5, 5.41) is 0. The largest absolute Gasteiger partial charge is 0.381 e. The average molecular weight is 198 g/mol. The Morgan fingerprint density at radius 3 is 2.21 bits per heavy atom. The fourth-order valence-corrected chi connectivity index (χ4v) is 2.22. The molecule has 2 aliphatic heterocycles. The van der Waals surface area contributed by atoms with E-state index in [2.05, 4.69) is 23.6 Å². The van der Waals surface area contributed by atoms with Gasteiger partial charge in [0, 0.05) is 44.7 Å². The summed E-state index contributed by atoms with van der Waals surface area (Å²) in [7, 11) is 0. The van der Waals surface area contributed by atoms with Gasteiger partial charge < -0.3 is 9.64 Å². The predicted molar refractivity (Wildman–Crippen MR) is 57.5 cm³/mol. The van der Waals surface area contributed by atoms with Gasteiger partial charge in [0.05, 0.1) is 13.2 Å². The molecule has 0 bridgehead atoms. The third kappa shape index (κ3) is 2.47. The molecule has 0 spiro atoms. The van der Waals surface area contributed by atoms with Crippen LogP contribution in [0.4, 0.5) is 0 Å². The fraction of sp³-hybridized carbons (Fsp3) is 1.00. The Balaban J connectivity index is 1.67. The number of ether oxygens (including phenoxy) is 1. The van der Waals surface area contributed by atoms with Gasteiger partial charge in [0.2, 0.25) is 0 Å². The lowest BCUT2D eigenvalue weighted by Crippen LogP contribution is -2.51. The molecule has 3 heteroatoms. The molecule has 0 amide bonds. The van der Waals surface area contributed by atoms with Crippen molar-refractivity contribution in [2.45, 2.75) is 19.9 Å². The quantitative estimate of drug-likeness (QED) is 0.662. The van der Waals surface area contributed by atoms with Crippen molar-refractivity contribution in [3.05, 3.63) is 0 Å². The lowest BCUT2D eigenvalue weighted by molar-refractivity contribution is -0.0519. The maximum atomic E-state index is 5.20. The fourth-order valence-electron chi connectivity index (χ4n) is 2.22. The molecular weight excluding hydrogens is 176 g/mol. The molecule has 14 heavy (non-hydrogen) atoms.